The van der Waals surface area contributed by atoms with E-state index in [1.807, 2.05) is 50.6 Å². The normalized spacial score (nSPS) is 17.2. The van der Waals surface area contributed by atoms with Gasteiger partial charge in [0.2, 0.25) is 0 Å². The number of alkyl halides is 2. The minimum atomic E-state index is -2.64. The maximum absolute atomic E-state index is 13.6. The molecule has 0 N–H and O–H groups in total. The summed E-state index contributed by atoms with van der Waals surface area (Å²) >= 11 is 0. The van der Waals surface area contributed by atoms with Crippen LogP contribution in [0.3, 0.4) is 0 Å². The molecule has 1 aliphatic carbocycles. The highest BCUT2D eigenvalue weighted by Crippen LogP contribution is 2.36. The van der Waals surface area contributed by atoms with E-state index in [9.17, 15) is 8.78 Å². The zero-order chi connectivity index (χ0) is 23.0. The summed E-state index contributed by atoms with van der Waals surface area (Å²) in [6.45, 7) is 13.2. The first-order valence-corrected chi connectivity index (χ1v) is 10.6. The molecule has 32 heavy (non-hydrogen) atoms. The molecule has 3 aromatic rings. The van der Waals surface area contributed by atoms with Crippen molar-refractivity contribution in [1.82, 2.24) is 14.5 Å². The van der Waals surface area contributed by atoms with Crippen LogP contribution in [0, 0.1) is 20.4 Å². The van der Waals surface area contributed by atoms with Crippen molar-refractivity contribution < 1.29 is 8.78 Å². The molecule has 7 heteroatoms. The molecule has 5 nitrogen and oxygen atoms in total. The second-order valence-corrected chi connectivity index (χ2v) is 8.33. The van der Waals surface area contributed by atoms with Gasteiger partial charge in [-0.2, -0.15) is 0 Å². The number of nitrogens with zero attached hydrogens (tertiary/aromatic N) is 5. The number of aryl methyl sites for hydroxylation is 2. The van der Waals surface area contributed by atoms with Gasteiger partial charge in [-0.1, -0.05) is 24.3 Å². The Kier molecular flexibility index (Phi) is 5.64. The summed E-state index contributed by atoms with van der Waals surface area (Å²) in [6, 6.07) is 7.36. The molecule has 4 rings (SSSR count). The van der Waals surface area contributed by atoms with Crippen molar-refractivity contribution in [2.45, 2.75) is 52.0 Å². The summed E-state index contributed by atoms with van der Waals surface area (Å²) in [7, 11) is 1.92. The highest BCUT2D eigenvalue weighted by Gasteiger charge is 2.31. The molecule has 0 saturated carbocycles. The number of benzene rings is 1. The molecule has 2 heterocycles. The second kappa shape index (κ2) is 8.27. The summed E-state index contributed by atoms with van der Waals surface area (Å²) in [5.74, 6) is -1.85. The molecular formula is C25H25F2N5. The van der Waals surface area contributed by atoms with Gasteiger partial charge in [-0.25, -0.2) is 18.6 Å². The number of hydrogen-bond donors (Lipinski definition) is 0. The Labute approximate surface area is 186 Å². The van der Waals surface area contributed by atoms with Crippen molar-refractivity contribution in [1.29, 1.82) is 0 Å². The van der Waals surface area contributed by atoms with E-state index in [1.165, 1.54) is 0 Å². The van der Waals surface area contributed by atoms with Crippen LogP contribution in [0.15, 0.2) is 41.5 Å². The van der Waals surface area contributed by atoms with Gasteiger partial charge in [-0.3, -0.25) is 9.98 Å². The zero-order valence-electron chi connectivity index (χ0n) is 18.7. The van der Waals surface area contributed by atoms with Crippen molar-refractivity contribution in [3.8, 4) is 0 Å². The van der Waals surface area contributed by atoms with Gasteiger partial charge >= 0.3 is 0 Å². The van der Waals surface area contributed by atoms with Gasteiger partial charge < -0.3 is 4.57 Å². The first-order chi connectivity index (χ1) is 15.2. The Hall–Kier alpha value is -3.40. The van der Waals surface area contributed by atoms with Crippen molar-refractivity contribution in [3.05, 3.63) is 76.1 Å². The largest absolute Gasteiger partial charge is 0.331 e. The Morgan fingerprint density at radius 2 is 2.06 bits per heavy atom. The van der Waals surface area contributed by atoms with E-state index < -0.39 is 5.92 Å². The summed E-state index contributed by atoms with van der Waals surface area (Å²) < 4.78 is 29.1. The minimum Gasteiger partial charge on any atom is -0.331 e. The fourth-order valence-electron chi connectivity index (χ4n) is 4.13. The van der Waals surface area contributed by atoms with Crippen LogP contribution >= 0.6 is 0 Å². The number of aromatic nitrogens is 3. The van der Waals surface area contributed by atoms with Crippen LogP contribution in [0.4, 0.5) is 14.5 Å². The van der Waals surface area contributed by atoms with Gasteiger partial charge in [0, 0.05) is 25.3 Å². The maximum Gasteiger partial charge on any atom is 0.251 e. The van der Waals surface area contributed by atoms with Crippen molar-refractivity contribution in [2.75, 3.05) is 0 Å². The van der Waals surface area contributed by atoms with E-state index in [0.717, 1.165) is 33.4 Å². The lowest BCUT2D eigenvalue weighted by Gasteiger charge is -2.21. The smallest absolute Gasteiger partial charge is 0.251 e. The summed E-state index contributed by atoms with van der Waals surface area (Å²) in [5.41, 5.74) is 5.49. The van der Waals surface area contributed by atoms with Crippen molar-refractivity contribution in [2.24, 2.45) is 12.0 Å². The average Bonchev–Trinajstić information content (AvgIpc) is 2.77. The van der Waals surface area contributed by atoms with E-state index in [0.29, 0.717) is 23.3 Å². The lowest BCUT2D eigenvalue weighted by atomic mass is 9.94. The number of halogens is 2. The SMILES string of the molecule is [C-]#[N+]c1cccc([C@@H](C)N=c2nc(C)n(C)c3cnc(C4=CCC(F)(F)CC4)cc23)c1C. The topological polar surface area (TPSA) is 47.4 Å². The summed E-state index contributed by atoms with van der Waals surface area (Å²) in [5, 5.41) is 0.826. The molecule has 1 atom stereocenters. The molecule has 1 aliphatic rings. The fraction of sp³-hybridized carbons (Fsp3) is 0.360. The minimum absolute atomic E-state index is 0.163. The average molecular weight is 434 g/mol. The maximum atomic E-state index is 13.6. The molecule has 0 bridgehead atoms. The summed E-state index contributed by atoms with van der Waals surface area (Å²) in [6.07, 6.45) is 3.23. The highest BCUT2D eigenvalue weighted by molar-refractivity contribution is 5.81. The number of fused-ring (bicyclic) bond motifs is 1. The standard InChI is InChI=1S/C25H25F2N5/c1-15-19(7-6-8-21(15)28-4)16(2)30-24-20-13-22(18-9-11-25(26,27)12-10-18)29-14-23(20)32(5)17(3)31-24/h6-9,13-14,16H,10-12H2,1-3,5H3/t16-/m1/s1. The van der Waals surface area contributed by atoms with Gasteiger partial charge in [0.05, 0.1) is 30.0 Å². The Morgan fingerprint density at radius 3 is 2.75 bits per heavy atom. The van der Waals surface area contributed by atoms with Gasteiger partial charge in [-0.15, -0.1) is 0 Å². The lowest BCUT2D eigenvalue weighted by molar-refractivity contribution is -0.00605. The van der Waals surface area contributed by atoms with E-state index in [-0.39, 0.29) is 18.9 Å². The van der Waals surface area contributed by atoms with Crippen molar-refractivity contribution in [3.63, 3.8) is 0 Å². The Balaban J connectivity index is 1.87. The third kappa shape index (κ3) is 4.05. The monoisotopic (exact) mass is 433 g/mol. The Bertz CT molecular complexity index is 1340. The molecule has 164 valence electrons. The fourth-order valence-corrected chi connectivity index (χ4v) is 4.13. The highest BCUT2D eigenvalue weighted by atomic mass is 19.3. The second-order valence-electron chi connectivity index (χ2n) is 8.33. The van der Waals surface area contributed by atoms with E-state index >= 15 is 0 Å². The third-order valence-corrected chi connectivity index (χ3v) is 6.21. The molecule has 0 radical (unpaired) electrons. The van der Waals surface area contributed by atoms with Crippen LogP contribution in [0.1, 0.15) is 54.9 Å². The first-order valence-electron chi connectivity index (χ1n) is 10.6. The van der Waals surface area contributed by atoms with Gasteiger partial charge in [-0.05, 0) is 50.0 Å². The first kappa shape index (κ1) is 21.8. The molecule has 0 aliphatic heterocycles. The van der Waals surface area contributed by atoms with E-state index in [1.54, 1.807) is 18.3 Å². The van der Waals surface area contributed by atoms with Gasteiger partial charge in [0.15, 0.2) is 11.2 Å². The predicted octanol–water partition coefficient (Wildman–Crippen LogP) is 6.00. The van der Waals surface area contributed by atoms with E-state index in [2.05, 4.69) is 9.83 Å². The third-order valence-electron chi connectivity index (χ3n) is 6.21. The van der Waals surface area contributed by atoms with Crippen LogP contribution in [-0.2, 0) is 7.05 Å². The van der Waals surface area contributed by atoms with Crippen LogP contribution in [0.5, 0.6) is 0 Å². The van der Waals surface area contributed by atoms with Crippen LogP contribution in [-0.4, -0.2) is 20.5 Å². The van der Waals surface area contributed by atoms with Gasteiger partial charge in [0.25, 0.3) is 5.92 Å². The van der Waals surface area contributed by atoms with Crippen LogP contribution in [0.2, 0.25) is 0 Å². The van der Waals surface area contributed by atoms with E-state index in [4.69, 9.17) is 16.5 Å². The number of rotatable bonds is 3. The zero-order valence-corrected chi connectivity index (χ0v) is 18.7. The number of hydrogen-bond acceptors (Lipinski definition) is 3. The molecular weight excluding hydrogens is 408 g/mol. The molecule has 0 fully saturated rings. The number of pyridine rings is 1. The molecule has 0 saturated heterocycles. The molecule has 0 spiro atoms. The lowest BCUT2D eigenvalue weighted by Crippen LogP contribution is -2.20. The molecule has 0 unspecified atom stereocenters. The summed E-state index contributed by atoms with van der Waals surface area (Å²) in [4.78, 5) is 17.8. The quantitative estimate of drug-likeness (QED) is 0.476. The number of allylic oxidation sites excluding steroid dienone is 2. The van der Waals surface area contributed by atoms with Crippen molar-refractivity contribution >= 4 is 22.2 Å². The predicted molar refractivity (Wildman–Crippen MR) is 121 cm³/mol. The van der Waals surface area contributed by atoms with Crippen LogP contribution < -0.4 is 5.49 Å². The molecule has 1 aromatic carbocycles. The molecule has 2 aromatic heterocycles. The molecule has 0 amide bonds. The Morgan fingerprint density at radius 1 is 1.28 bits per heavy atom. The van der Waals surface area contributed by atoms with Crippen LogP contribution in [0.25, 0.3) is 21.3 Å². The van der Waals surface area contributed by atoms with Gasteiger partial charge in [0.1, 0.15) is 5.82 Å².